The number of anilines is 1. The summed E-state index contributed by atoms with van der Waals surface area (Å²) in [5.74, 6) is 6.42. The van der Waals surface area contributed by atoms with Crippen molar-refractivity contribution in [1.29, 1.82) is 0 Å². The van der Waals surface area contributed by atoms with Gasteiger partial charge in [-0.1, -0.05) is 17.7 Å². The summed E-state index contributed by atoms with van der Waals surface area (Å²) in [6.45, 7) is 1.51. The van der Waals surface area contributed by atoms with Gasteiger partial charge in [-0.05, 0) is 18.1 Å². The highest BCUT2D eigenvalue weighted by molar-refractivity contribution is 8.13. The van der Waals surface area contributed by atoms with E-state index in [4.69, 9.17) is 5.73 Å². The smallest absolute Gasteiger partial charge is 0.186 e. The van der Waals surface area contributed by atoms with Gasteiger partial charge in [-0.3, -0.25) is 4.79 Å². The Morgan fingerprint density at radius 3 is 2.93 bits per heavy atom. The highest BCUT2D eigenvalue weighted by atomic mass is 32.2. The Labute approximate surface area is 86.3 Å². The minimum absolute atomic E-state index is 0.0580. The van der Waals surface area contributed by atoms with Crippen molar-refractivity contribution in [2.75, 3.05) is 11.5 Å². The van der Waals surface area contributed by atoms with Gasteiger partial charge in [0.2, 0.25) is 0 Å². The predicted octanol–water partition coefficient (Wildman–Crippen LogP) is 0.690. The van der Waals surface area contributed by atoms with E-state index in [2.05, 4.69) is 22.0 Å². The monoisotopic (exact) mass is 207 g/mol. The number of hydrogen-bond donors (Lipinski definition) is 1. The van der Waals surface area contributed by atoms with Crippen molar-refractivity contribution in [3.05, 3.63) is 17.8 Å². The molecule has 0 spiro atoms. The number of nitrogen functional groups attached to an aromatic ring is 1. The first-order chi connectivity index (χ1) is 6.68. The molecule has 0 atom stereocenters. The normalized spacial score (nSPS) is 8.93. The molecule has 0 aliphatic carbocycles. The minimum Gasteiger partial charge on any atom is -0.382 e. The Morgan fingerprint density at radius 1 is 1.57 bits per heavy atom. The van der Waals surface area contributed by atoms with Gasteiger partial charge in [-0.15, -0.1) is 10.2 Å². The van der Waals surface area contributed by atoms with E-state index in [0.717, 1.165) is 0 Å². The third-order valence-electron chi connectivity index (χ3n) is 1.25. The predicted molar refractivity (Wildman–Crippen MR) is 56.5 cm³/mol. The molecule has 4 nitrogen and oxygen atoms in total. The molecule has 0 amide bonds. The molecule has 1 aromatic rings. The first-order valence-electron chi connectivity index (χ1n) is 3.90. The summed E-state index contributed by atoms with van der Waals surface area (Å²) in [6.07, 6.45) is 0. The largest absolute Gasteiger partial charge is 0.382 e. The van der Waals surface area contributed by atoms with Crippen LogP contribution >= 0.6 is 11.8 Å². The molecular formula is C9H9N3OS. The molecule has 1 aromatic heterocycles. The Balaban J connectivity index is 2.51. The molecule has 2 N–H and O–H groups in total. The third kappa shape index (κ3) is 3.92. The maximum absolute atomic E-state index is 10.6. The minimum atomic E-state index is 0.0580. The number of nitrogens with two attached hydrogens (primary N) is 1. The second kappa shape index (κ2) is 5.25. The molecule has 14 heavy (non-hydrogen) atoms. The van der Waals surface area contributed by atoms with E-state index in [-0.39, 0.29) is 5.12 Å². The first-order valence-corrected chi connectivity index (χ1v) is 4.88. The second-order valence-electron chi connectivity index (χ2n) is 2.43. The highest BCUT2D eigenvalue weighted by Crippen LogP contribution is 1.99. The van der Waals surface area contributed by atoms with Crippen molar-refractivity contribution >= 4 is 22.7 Å². The lowest BCUT2D eigenvalue weighted by Crippen LogP contribution is -1.93. The van der Waals surface area contributed by atoms with E-state index in [9.17, 15) is 4.79 Å². The fraction of sp³-hybridized carbons (Fsp3) is 0.222. The van der Waals surface area contributed by atoms with Gasteiger partial charge in [0.15, 0.2) is 5.12 Å². The van der Waals surface area contributed by atoms with Gasteiger partial charge in [0.25, 0.3) is 0 Å². The number of aromatic nitrogens is 2. The lowest BCUT2D eigenvalue weighted by Gasteiger charge is -1.89. The average Bonchev–Trinajstić information content (AvgIpc) is 2.15. The molecule has 0 fully saturated rings. The maximum atomic E-state index is 10.6. The molecule has 1 rings (SSSR count). The van der Waals surface area contributed by atoms with Crippen LogP contribution in [0.2, 0.25) is 0 Å². The Bertz CT molecular complexity index is 377. The van der Waals surface area contributed by atoms with Crippen LogP contribution < -0.4 is 5.73 Å². The lowest BCUT2D eigenvalue weighted by atomic mass is 10.4. The molecule has 72 valence electrons. The zero-order valence-electron chi connectivity index (χ0n) is 7.65. The highest BCUT2D eigenvalue weighted by Gasteiger charge is 1.90. The lowest BCUT2D eigenvalue weighted by molar-refractivity contribution is -0.109. The van der Waals surface area contributed by atoms with E-state index in [1.165, 1.54) is 18.7 Å². The summed E-state index contributed by atoms with van der Waals surface area (Å²) >= 11 is 1.17. The first kappa shape index (κ1) is 10.5. The number of rotatable bonds is 1. The Hall–Kier alpha value is -1.54. The summed E-state index contributed by atoms with van der Waals surface area (Å²) in [5.41, 5.74) is 5.91. The van der Waals surface area contributed by atoms with E-state index in [1.54, 1.807) is 12.1 Å². The van der Waals surface area contributed by atoms with Crippen molar-refractivity contribution in [2.45, 2.75) is 6.92 Å². The summed E-state index contributed by atoms with van der Waals surface area (Å²) in [7, 11) is 0. The van der Waals surface area contributed by atoms with Gasteiger partial charge in [0.05, 0.1) is 5.75 Å². The molecule has 1 heterocycles. The number of hydrogen-bond acceptors (Lipinski definition) is 5. The van der Waals surface area contributed by atoms with Gasteiger partial charge < -0.3 is 5.73 Å². The summed E-state index contributed by atoms with van der Waals surface area (Å²) in [6, 6.07) is 3.32. The SMILES string of the molecule is CC(=O)SCC#Cc1ccc(N)nn1. The Morgan fingerprint density at radius 2 is 2.36 bits per heavy atom. The van der Waals surface area contributed by atoms with Crippen molar-refractivity contribution < 1.29 is 4.79 Å². The molecule has 0 bridgehead atoms. The zero-order valence-corrected chi connectivity index (χ0v) is 8.47. The van der Waals surface area contributed by atoms with Crippen molar-refractivity contribution in [1.82, 2.24) is 10.2 Å². The van der Waals surface area contributed by atoms with E-state index in [1.807, 2.05) is 0 Å². The topological polar surface area (TPSA) is 68.9 Å². The van der Waals surface area contributed by atoms with E-state index in [0.29, 0.717) is 17.3 Å². The molecule has 0 saturated heterocycles. The molecule has 0 aliphatic rings. The van der Waals surface area contributed by atoms with Crippen LogP contribution in [0, 0.1) is 11.8 Å². The van der Waals surface area contributed by atoms with Crippen LogP contribution in [0.4, 0.5) is 5.82 Å². The molecule has 0 aromatic carbocycles. The van der Waals surface area contributed by atoms with Crippen molar-refractivity contribution in [2.24, 2.45) is 0 Å². The van der Waals surface area contributed by atoms with E-state index >= 15 is 0 Å². The van der Waals surface area contributed by atoms with Gasteiger partial charge in [-0.2, -0.15) is 0 Å². The van der Waals surface area contributed by atoms with Crippen LogP contribution in [0.15, 0.2) is 12.1 Å². The molecular weight excluding hydrogens is 198 g/mol. The van der Waals surface area contributed by atoms with Crippen molar-refractivity contribution in [3.63, 3.8) is 0 Å². The summed E-state index contributed by atoms with van der Waals surface area (Å²) < 4.78 is 0. The third-order valence-corrected chi connectivity index (χ3v) is 1.94. The molecule has 0 saturated carbocycles. The summed E-state index contributed by atoms with van der Waals surface area (Å²) in [4.78, 5) is 10.6. The number of carbonyl (C=O) groups excluding carboxylic acids is 1. The fourth-order valence-electron chi connectivity index (χ4n) is 0.674. The fourth-order valence-corrected chi connectivity index (χ4v) is 1.02. The molecule has 0 radical (unpaired) electrons. The van der Waals surface area contributed by atoms with Crippen LogP contribution in [0.1, 0.15) is 12.6 Å². The van der Waals surface area contributed by atoms with Crippen LogP contribution in [0.25, 0.3) is 0 Å². The summed E-state index contributed by atoms with van der Waals surface area (Å²) in [5, 5.41) is 7.45. The quantitative estimate of drug-likeness (QED) is 0.686. The maximum Gasteiger partial charge on any atom is 0.186 e. The zero-order chi connectivity index (χ0) is 10.4. The standard InChI is InChI=1S/C9H9N3OS/c1-7(13)14-6-2-3-8-4-5-9(10)12-11-8/h4-5H,6H2,1H3,(H2,10,12). The molecule has 0 unspecified atom stereocenters. The van der Waals surface area contributed by atoms with Gasteiger partial charge in [-0.25, -0.2) is 0 Å². The number of thioether (sulfide) groups is 1. The molecule has 0 aliphatic heterocycles. The average molecular weight is 207 g/mol. The second-order valence-corrected chi connectivity index (χ2v) is 3.58. The van der Waals surface area contributed by atoms with Crippen LogP contribution in [-0.2, 0) is 4.79 Å². The van der Waals surface area contributed by atoms with Gasteiger partial charge in [0.1, 0.15) is 11.5 Å². The van der Waals surface area contributed by atoms with Crippen LogP contribution in [0.5, 0.6) is 0 Å². The number of carbonyl (C=O) groups is 1. The number of nitrogens with zero attached hydrogens (tertiary/aromatic N) is 2. The van der Waals surface area contributed by atoms with Crippen LogP contribution in [-0.4, -0.2) is 21.1 Å². The van der Waals surface area contributed by atoms with Gasteiger partial charge in [0, 0.05) is 6.92 Å². The molecule has 5 heteroatoms. The van der Waals surface area contributed by atoms with Crippen LogP contribution in [0.3, 0.4) is 0 Å². The Kier molecular flexibility index (Phi) is 3.95. The van der Waals surface area contributed by atoms with E-state index < -0.39 is 0 Å². The van der Waals surface area contributed by atoms with Crippen molar-refractivity contribution in [3.8, 4) is 11.8 Å². The van der Waals surface area contributed by atoms with Gasteiger partial charge >= 0.3 is 0 Å².